The van der Waals surface area contributed by atoms with Gasteiger partial charge in [-0.3, -0.25) is 0 Å². The van der Waals surface area contributed by atoms with Crippen molar-refractivity contribution in [2.45, 2.75) is 19.4 Å². The number of halogens is 1. The molecule has 0 fully saturated rings. The molecule has 0 saturated carbocycles. The minimum atomic E-state index is 0.105. The van der Waals surface area contributed by atoms with Crippen LogP contribution in [0, 0.1) is 6.92 Å². The van der Waals surface area contributed by atoms with E-state index in [-0.39, 0.29) is 6.04 Å². The van der Waals surface area contributed by atoms with Crippen molar-refractivity contribution in [1.29, 1.82) is 0 Å². The third-order valence-electron chi connectivity index (χ3n) is 3.32. The van der Waals surface area contributed by atoms with Gasteiger partial charge in [0.15, 0.2) is 0 Å². The van der Waals surface area contributed by atoms with E-state index in [9.17, 15) is 0 Å². The van der Waals surface area contributed by atoms with Gasteiger partial charge in [-0.25, -0.2) is 4.98 Å². The second kappa shape index (κ2) is 6.04. The number of rotatable bonds is 4. The van der Waals surface area contributed by atoms with Crippen molar-refractivity contribution >= 4 is 17.4 Å². The molecule has 19 heavy (non-hydrogen) atoms. The SMILES string of the molecule is CNC(Cc1ccccc1Cl)c1c(C)ccnc1N. The summed E-state index contributed by atoms with van der Waals surface area (Å²) in [6, 6.07) is 9.95. The summed E-state index contributed by atoms with van der Waals surface area (Å²) < 4.78 is 0. The molecule has 0 radical (unpaired) electrons. The summed E-state index contributed by atoms with van der Waals surface area (Å²) in [5, 5.41) is 4.08. The molecule has 0 aliphatic rings. The molecule has 0 aliphatic carbocycles. The van der Waals surface area contributed by atoms with Gasteiger partial charge < -0.3 is 11.1 Å². The van der Waals surface area contributed by atoms with Crippen LogP contribution in [0.1, 0.15) is 22.7 Å². The van der Waals surface area contributed by atoms with Crippen LogP contribution >= 0.6 is 11.6 Å². The topological polar surface area (TPSA) is 50.9 Å². The number of nitrogen functional groups attached to an aromatic ring is 1. The smallest absolute Gasteiger partial charge is 0.128 e. The Bertz CT molecular complexity index is 549. The molecule has 0 spiro atoms. The first-order valence-corrected chi connectivity index (χ1v) is 6.63. The number of anilines is 1. The van der Waals surface area contributed by atoms with Crippen LogP contribution in [0.4, 0.5) is 5.82 Å². The largest absolute Gasteiger partial charge is 0.383 e. The maximum Gasteiger partial charge on any atom is 0.128 e. The minimum absolute atomic E-state index is 0.105. The molecular formula is C15H18ClN3. The lowest BCUT2D eigenvalue weighted by Gasteiger charge is -2.20. The van der Waals surface area contributed by atoms with Crippen molar-refractivity contribution in [2.75, 3.05) is 12.8 Å². The zero-order chi connectivity index (χ0) is 13.8. The Kier molecular flexibility index (Phi) is 4.40. The van der Waals surface area contributed by atoms with Crippen molar-refractivity contribution in [2.24, 2.45) is 0 Å². The molecule has 1 unspecified atom stereocenters. The molecular weight excluding hydrogens is 258 g/mol. The van der Waals surface area contributed by atoms with Crippen LogP contribution in [-0.2, 0) is 6.42 Å². The summed E-state index contributed by atoms with van der Waals surface area (Å²) in [5.74, 6) is 0.575. The summed E-state index contributed by atoms with van der Waals surface area (Å²) in [6.07, 6.45) is 2.52. The fourth-order valence-corrected chi connectivity index (χ4v) is 2.49. The van der Waals surface area contributed by atoms with E-state index in [2.05, 4.69) is 10.3 Å². The third kappa shape index (κ3) is 3.06. The van der Waals surface area contributed by atoms with E-state index in [4.69, 9.17) is 17.3 Å². The minimum Gasteiger partial charge on any atom is -0.383 e. The predicted octanol–water partition coefficient (Wildman–Crippen LogP) is 3.13. The molecule has 4 heteroatoms. The van der Waals surface area contributed by atoms with Gasteiger partial charge in [0.25, 0.3) is 0 Å². The highest BCUT2D eigenvalue weighted by Gasteiger charge is 2.17. The molecule has 1 atom stereocenters. The maximum absolute atomic E-state index is 6.22. The number of hydrogen-bond acceptors (Lipinski definition) is 3. The van der Waals surface area contributed by atoms with Crippen LogP contribution in [0.3, 0.4) is 0 Å². The molecule has 2 rings (SSSR count). The van der Waals surface area contributed by atoms with E-state index in [1.807, 2.05) is 44.3 Å². The second-order valence-electron chi connectivity index (χ2n) is 4.56. The van der Waals surface area contributed by atoms with Crippen LogP contribution < -0.4 is 11.1 Å². The molecule has 1 aromatic heterocycles. The van der Waals surface area contributed by atoms with Crippen LogP contribution in [0.15, 0.2) is 36.5 Å². The third-order valence-corrected chi connectivity index (χ3v) is 3.69. The molecule has 1 heterocycles. The molecule has 100 valence electrons. The lowest BCUT2D eigenvalue weighted by molar-refractivity contribution is 0.589. The van der Waals surface area contributed by atoms with E-state index in [1.54, 1.807) is 6.20 Å². The van der Waals surface area contributed by atoms with Gasteiger partial charge in [-0.2, -0.15) is 0 Å². The number of hydrogen-bond donors (Lipinski definition) is 2. The van der Waals surface area contributed by atoms with Gasteiger partial charge in [-0.15, -0.1) is 0 Å². The Labute approximate surface area is 118 Å². The number of likely N-dealkylation sites (N-methyl/N-ethyl adjacent to an activating group) is 1. The van der Waals surface area contributed by atoms with E-state index >= 15 is 0 Å². The Balaban J connectivity index is 2.34. The Morgan fingerprint density at radius 3 is 2.68 bits per heavy atom. The van der Waals surface area contributed by atoms with Crippen LogP contribution in [-0.4, -0.2) is 12.0 Å². The molecule has 3 N–H and O–H groups in total. The van der Waals surface area contributed by atoms with Gasteiger partial charge in [-0.1, -0.05) is 29.8 Å². The monoisotopic (exact) mass is 275 g/mol. The normalized spacial score (nSPS) is 12.4. The molecule has 0 amide bonds. The molecule has 2 aromatic rings. The molecule has 3 nitrogen and oxygen atoms in total. The zero-order valence-corrected chi connectivity index (χ0v) is 11.9. The van der Waals surface area contributed by atoms with E-state index in [1.165, 1.54) is 0 Å². The summed E-state index contributed by atoms with van der Waals surface area (Å²) in [5.41, 5.74) is 9.29. The number of aromatic nitrogens is 1. The second-order valence-corrected chi connectivity index (χ2v) is 4.97. The number of aryl methyl sites for hydroxylation is 1. The maximum atomic E-state index is 6.22. The quantitative estimate of drug-likeness (QED) is 0.901. The molecule has 1 aromatic carbocycles. The number of benzene rings is 1. The highest BCUT2D eigenvalue weighted by molar-refractivity contribution is 6.31. The zero-order valence-electron chi connectivity index (χ0n) is 11.2. The van der Waals surface area contributed by atoms with Crippen LogP contribution in [0.25, 0.3) is 0 Å². The van der Waals surface area contributed by atoms with E-state index < -0.39 is 0 Å². The summed E-state index contributed by atoms with van der Waals surface area (Å²) in [4.78, 5) is 4.18. The van der Waals surface area contributed by atoms with E-state index in [0.717, 1.165) is 28.1 Å². The fourth-order valence-electron chi connectivity index (χ4n) is 2.28. The van der Waals surface area contributed by atoms with Crippen molar-refractivity contribution in [3.63, 3.8) is 0 Å². The lowest BCUT2D eigenvalue weighted by atomic mass is 9.96. The number of pyridine rings is 1. The van der Waals surface area contributed by atoms with Crippen molar-refractivity contribution < 1.29 is 0 Å². The Hall–Kier alpha value is -1.58. The van der Waals surface area contributed by atoms with Gasteiger partial charge in [0.2, 0.25) is 0 Å². The van der Waals surface area contributed by atoms with Crippen LogP contribution in [0.2, 0.25) is 5.02 Å². The highest BCUT2D eigenvalue weighted by atomic mass is 35.5. The van der Waals surface area contributed by atoms with Crippen LogP contribution in [0.5, 0.6) is 0 Å². The van der Waals surface area contributed by atoms with Gasteiger partial charge in [0, 0.05) is 22.8 Å². The highest BCUT2D eigenvalue weighted by Crippen LogP contribution is 2.27. The Morgan fingerprint density at radius 1 is 1.32 bits per heavy atom. The first-order chi connectivity index (χ1) is 9.13. The van der Waals surface area contributed by atoms with Gasteiger partial charge in [0.1, 0.15) is 5.82 Å². The molecule has 0 saturated heterocycles. The van der Waals surface area contributed by atoms with Crippen molar-refractivity contribution in [3.8, 4) is 0 Å². The average molecular weight is 276 g/mol. The van der Waals surface area contributed by atoms with Gasteiger partial charge >= 0.3 is 0 Å². The van der Waals surface area contributed by atoms with Crippen molar-refractivity contribution in [3.05, 3.63) is 58.2 Å². The summed E-state index contributed by atoms with van der Waals surface area (Å²) in [7, 11) is 1.92. The van der Waals surface area contributed by atoms with Gasteiger partial charge in [0.05, 0.1) is 0 Å². The summed E-state index contributed by atoms with van der Waals surface area (Å²) in [6.45, 7) is 2.05. The lowest BCUT2D eigenvalue weighted by Crippen LogP contribution is -2.21. The number of nitrogens with two attached hydrogens (primary N) is 1. The van der Waals surface area contributed by atoms with Crippen molar-refractivity contribution in [1.82, 2.24) is 10.3 Å². The average Bonchev–Trinajstić information content (AvgIpc) is 2.39. The first kappa shape index (κ1) is 13.8. The predicted molar refractivity (Wildman–Crippen MR) is 80.3 cm³/mol. The fraction of sp³-hybridized carbons (Fsp3) is 0.267. The first-order valence-electron chi connectivity index (χ1n) is 6.25. The molecule has 0 aliphatic heterocycles. The molecule has 0 bridgehead atoms. The van der Waals surface area contributed by atoms with Gasteiger partial charge in [-0.05, 0) is 43.7 Å². The Morgan fingerprint density at radius 2 is 2.05 bits per heavy atom. The number of nitrogens with zero attached hydrogens (tertiary/aromatic N) is 1. The standard InChI is InChI=1S/C15H18ClN3/c1-10-7-8-19-15(17)14(10)13(18-2)9-11-5-3-4-6-12(11)16/h3-8,13,18H,9H2,1-2H3,(H2,17,19). The van der Waals surface area contributed by atoms with E-state index in [0.29, 0.717) is 5.82 Å². The number of nitrogens with one attached hydrogen (secondary N) is 1. The summed E-state index contributed by atoms with van der Waals surface area (Å²) >= 11 is 6.22.